The molecule has 0 bridgehead atoms. The number of fused-ring (bicyclic) bond motifs is 1. The van der Waals surface area contributed by atoms with Crippen LogP contribution >= 0.6 is 0 Å². The molecule has 3 rings (SSSR count). The molecular weight excluding hydrogens is 269 g/mol. The first-order valence-corrected chi connectivity index (χ1v) is 7.83. The molecule has 114 valence electrons. The van der Waals surface area contributed by atoms with Crippen molar-refractivity contribution in [1.82, 2.24) is 4.90 Å². The van der Waals surface area contributed by atoms with E-state index in [1.807, 2.05) is 6.92 Å². The van der Waals surface area contributed by atoms with Crippen LogP contribution in [-0.4, -0.2) is 28.1 Å². The summed E-state index contributed by atoms with van der Waals surface area (Å²) in [6.45, 7) is 2.04. The van der Waals surface area contributed by atoms with Gasteiger partial charge in [0, 0.05) is 12.1 Å². The van der Waals surface area contributed by atoms with Gasteiger partial charge < -0.3 is 5.11 Å². The molecule has 1 heterocycles. The monoisotopic (exact) mass is 291 g/mol. The summed E-state index contributed by atoms with van der Waals surface area (Å²) < 4.78 is 13.1. The largest absolute Gasteiger partial charge is 0.480 e. The Morgan fingerprint density at radius 2 is 1.95 bits per heavy atom. The molecule has 4 unspecified atom stereocenters. The Kier molecular flexibility index (Phi) is 3.98. The van der Waals surface area contributed by atoms with Gasteiger partial charge in [-0.2, -0.15) is 0 Å². The average Bonchev–Trinajstić information content (AvgIpc) is 2.87. The molecule has 0 aromatic heterocycles. The van der Waals surface area contributed by atoms with E-state index in [1.165, 1.54) is 25.0 Å². The molecule has 4 atom stereocenters. The van der Waals surface area contributed by atoms with Crippen LogP contribution in [0.2, 0.25) is 0 Å². The first-order chi connectivity index (χ1) is 10.1. The third-order valence-electron chi connectivity index (χ3n) is 5.22. The Bertz CT molecular complexity index is 516. The fourth-order valence-corrected chi connectivity index (χ4v) is 4.19. The molecule has 1 saturated carbocycles. The molecule has 1 aromatic carbocycles. The third kappa shape index (κ3) is 2.69. The maximum absolute atomic E-state index is 13.1. The van der Waals surface area contributed by atoms with Gasteiger partial charge >= 0.3 is 5.97 Å². The van der Waals surface area contributed by atoms with Crippen LogP contribution in [0.5, 0.6) is 0 Å². The topological polar surface area (TPSA) is 40.5 Å². The summed E-state index contributed by atoms with van der Waals surface area (Å²) in [5.74, 6) is -0.473. The summed E-state index contributed by atoms with van der Waals surface area (Å²) in [5, 5.41) is 9.57. The summed E-state index contributed by atoms with van der Waals surface area (Å²) in [4.78, 5) is 13.8. The quantitative estimate of drug-likeness (QED) is 0.925. The van der Waals surface area contributed by atoms with Crippen LogP contribution in [0.15, 0.2) is 24.3 Å². The molecule has 1 saturated heterocycles. The summed E-state index contributed by atoms with van der Waals surface area (Å²) in [6, 6.07) is 6.42. The molecule has 1 aliphatic heterocycles. The van der Waals surface area contributed by atoms with E-state index in [9.17, 15) is 14.3 Å². The van der Waals surface area contributed by atoms with Gasteiger partial charge in [-0.3, -0.25) is 9.69 Å². The van der Waals surface area contributed by atoms with Crippen molar-refractivity contribution in [2.45, 2.75) is 57.2 Å². The zero-order valence-electron chi connectivity index (χ0n) is 12.3. The van der Waals surface area contributed by atoms with Crippen molar-refractivity contribution in [2.24, 2.45) is 5.92 Å². The summed E-state index contributed by atoms with van der Waals surface area (Å²) in [6.07, 6.45) is 5.37. The highest BCUT2D eigenvalue weighted by molar-refractivity contribution is 5.74. The first kappa shape index (κ1) is 14.5. The Morgan fingerprint density at radius 3 is 2.62 bits per heavy atom. The fraction of sp³-hybridized carbons (Fsp3) is 0.588. The van der Waals surface area contributed by atoms with Crippen molar-refractivity contribution in [3.05, 3.63) is 35.6 Å². The fourth-order valence-electron chi connectivity index (χ4n) is 4.19. The molecule has 1 aliphatic carbocycles. The molecule has 2 aliphatic rings. The average molecular weight is 291 g/mol. The van der Waals surface area contributed by atoms with Crippen molar-refractivity contribution >= 4 is 5.97 Å². The molecule has 2 fully saturated rings. The van der Waals surface area contributed by atoms with Crippen LogP contribution in [0.1, 0.15) is 50.6 Å². The lowest BCUT2D eigenvalue weighted by molar-refractivity contribution is -0.143. The number of carbonyl (C=O) groups is 1. The molecule has 0 spiro atoms. The van der Waals surface area contributed by atoms with Gasteiger partial charge in [-0.15, -0.1) is 0 Å². The van der Waals surface area contributed by atoms with E-state index >= 15 is 0 Å². The van der Waals surface area contributed by atoms with Crippen LogP contribution in [0.25, 0.3) is 0 Å². The predicted octanol–water partition coefficient (Wildman–Crippen LogP) is 3.60. The van der Waals surface area contributed by atoms with Crippen molar-refractivity contribution in [3.63, 3.8) is 0 Å². The molecule has 4 heteroatoms. The molecule has 0 radical (unpaired) electrons. The number of hydrogen-bond acceptors (Lipinski definition) is 2. The van der Waals surface area contributed by atoms with Gasteiger partial charge in [0.15, 0.2) is 0 Å². The van der Waals surface area contributed by atoms with E-state index in [-0.39, 0.29) is 11.9 Å². The number of nitrogens with zero attached hydrogens (tertiary/aromatic N) is 1. The van der Waals surface area contributed by atoms with Crippen LogP contribution in [0.3, 0.4) is 0 Å². The van der Waals surface area contributed by atoms with E-state index in [1.54, 1.807) is 12.1 Å². The summed E-state index contributed by atoms with van der Waals surface area (Å²) in [5.41, 5.74) is 0.994. The lowest BCUT2D eigenvalue weighted by Crippen LogP contribution is -2.43. The number of rotatable bonds is 3. The van der Waals surface area contributed by atoms with Gasteiger partial charge in [-0.1, -0.05) is 25.0 Å². The number of carboxylic acid groups (broad SMARTS) is 1. The number of aliphatic carboxylic acids is 1. The van der Waals surface area contributed by atoms with E-state index < -0.39 is 12.0 Å². The van der Waals surface area contributed by atoms with Crippen LogP contribution < -0.4 is 0 Å². The van der Waals surface area contributed by atoms with E-state index in [0.717, 1.165) is 24.8 Å². The van der Waals surface area contributed by atoms with E-state index in [4.69, 9.17) is 0 Å². The van der Waals surface area contributed by atoms with Crippen LogP contribution in [0.4, 0.5) is 4.39 Å². The zero-order valence-corrected chi connectivity index (χ0v) is 12.3. The zero-order chi connectivity index (χ0) is 15.0. The summed E-state index contributed by atoms with van der Waals surface area (Å²) in [7, 11) is 0. The second-order valence-corrected chi connectivity index (χ2v) is 6.38. The van der Waals surface area contributed by atoms with Gasteiger partial charge in [0.25, 0.3) is 0 Å². The number of benzene rings is 1. The van der Waals surface area contributed by atoms with Gasteiger partial charge in [0.2, 0.25) is 0 Å². The third-order valence-corrected chi connectivity index (χ3v) is 5.22. The Balaban J connectivity index is 1.88. The SMILES string of the molecule is CC(c1ccc(F)cc1)N1C(C(=O)O)CC2CCCCC21. The second kappa shape index (κ2) is 5.76. The maximum Gasteiger partial charge on any atom is 0.320 e. The molecule has 3 nitrogen and oxygen atoms in total. The number of carboxylic acids is 1. The lowest BCUT2D eigenvalue weighted by atomic mass is 9.84. The molecule has 1 aromatic rings. The van der Waals surface area contributed by atoms with Gasteiger partial charge in [0.05, 0.1) is 0 Å². The van der Waals surface area contributed by atoms with Gasteiger partial charge in [-0.05, 0) is 49.8 Å². The highest BCUT2D eigenvalue weighted by Gasteiger charge is 2.47. The van der Waals surface area contributed by atoms with Gasteiger partial charge in [-0.25, -0.2) is 4.39 Å². The number of likely N-dealkylation sites (tertiary alicyclic amines) is 1. The lowest BCUT2D eigenvalue weighted by Gasteiger charge is -2.37. The van der Waals surface area contributed by atoms with Crippen molar-refractivity contribution in [2.75, 3.05) is 0 Å². The van der Waals surface area contributed by atoms with Crippen molar-refractivity contribution in [1.29, 1.82) is 0 Å². The first-order valence-electron chi connectivity index (χ1n) is 7.83. The molecule has 1 N–H and O–H groups in total. The maximum atomic E-state index is 13.1. The second-order valence-electron chi connectivity index (χ2n) is 6.38. The Morgan fingerprint density at radius 1 is 1.29 bits per heavy atom. The van der Waals surface area contributed by atoms with Crippen molar-refractivity contribution < 1.29 is 14.3 Å². The highest BCUT2D eigenvalue weighted by atomic mass is 19.1. The normalized spacial score (nSPS) is 30.9. The van der Waals surface area contributed by atoms with E-state index in [0.29, 0.717) is 12.0 Å². The van der Waals surface area contributed by atoms with E-state index in [2.05, 4.69) is 4.90 Å². The Hall–Kier alpha value is -1.42. The highest BCUT2D eigenvalue weighted by Crippen LogP contribution is 2.44. The van der Waals surface area contributed by atoms with Crippen molar-refractivity contribution in [3.8, 4) is 0 Å². The summed E-state index contributed by atoms with van der Waals surface area (Å²) >= 11 is 0. The number of hydrogen-bond donors (Lipinski definition) is 1. The molecule has 21 heavy (non-hydrogen) atoms. The van der Waals surface area contributed by atoms with Gasteiger partial charge in [0.1, 0.15) is 11.9 Å². The molecule has 0 amide bonds. The predicted molar refractivity (Wildman–Crippen MR) is 78.4 cm³/mol. The van der Waals surface area contributed by atoms with Crippen LogP contribution in [0, 0.1) is 11.7 Å². The van der Waals surface area contributed by atoms with Crippen LogP contribution in [-0.2, 0) is 4.79 Å². The minimum absolute atomic E-state index is 0.0137. The minimum atomic E-state index is -0.724. The smallest absolute Gasteiger partial charge is 0.320 e. The Labute approximate surface area is 124 Å². The molecular formula is C17H22FNO2. The number of halogens is 1. The minimum Gasteiger partial charge on any atom is -0.480 e. The standard InChI is InChI=1S/C17H22FNO2/c1-11(12-6-8-14(18)9-7-12)19-15-5-3-2-4-13(15)10-16(19)17(20)21/h6-9,11,13,15-16H,2-5,10H2,1H3,(H,20,21).